The summed E-state index contributed by atoms with van der Waals surface area (Å²) in [6.45, 7) is 7.87. The highest BCUT2D eigenvalue weighted by Gasteiger charge is 2.29. The van der Waals surface area contributed by atoms with Crippen molar-refractivity contribution < 1.29 is 9.59 Å². The zero-order valence-corrected chi connectivity index (χ0v) is 13.5. The highest BCUT2D eigenvalue weighted by Crippen LogP contribution is 2.29. The molecule has 0 unspecified atom stereocenters. The van der Waals surface area contributed by atoms with Crippen molar-refractivity contribution >= 4 is 40.7 Å². The first-order valence-corrected chi connectivity index (χ1v) is 7.01. The van der Waals surface area contributed by atoms with Gasteiger partial charge >= 0.3 is 11.8 Å². The van der Waals surface area contributed by atoms with E-state index in [9.17, 15) is 9.59 Å². The average molecular weight is 317 g/mol. The third-order valence-corrected chi connectivity index (χ3v) is 3.58. The van der Waals surface area contributed by atoms with E-state index in [1.807, 2.05) is 27.7 Å². The Bertz CT molecular complexity index is 524. The van der Waals surface area contributed by atoms with E-state index < -0.39 is 17.4 Å². The lowest BCUT2D eigenvalue weighted by molar-refractivity contribution is -0.146. The van der Waals surface area contributed by atoms with Crippen LogP contribution in [0.1, 0.15) is 27.7 Å². The van der Waals surface area contributed by atoms with Crippen LogP contribution in [0.25, 0.3) is 0 Å². The summed E-state index contributed by atoms with van der Waals surface area (Å²) in [7, 11) is 0. The van der Waals surface area contributed by atoms with Gasteiger partial charge in [-0.1, -0.05) is 29.3 Å². The van der Waals surface area contributed by atoms with Gasteiger partial charge in [-0.05, 0) is 39.8 Å². The topological polar surface area (TPSA) is 49.4 Å². The number of benzene rings is 1. The van der Waals surface area contributed by atoms with Gasteiger partial charge in [0.05, 0.1) is 15.7 Å². The molecule has 0 aliphatic heterocycles. The largest absolute Gasteiger partial charge is 0.330 e. The minimum Gasteiger partial charge on any atom is -0.330 e. The maximum absolute atomic E-state index is 12.2. The van der Waals surface area contributed by atoms with Gasteiger partial charge < -0.3 is 10.2 Å². The SMILES string of the molecule is CCN(C(=O)C(=O)Nc1cccc(Cl)c1Cl)C(C)(C)C. The standard InChI is InChI=1S/C14H18Cl2N2O2/c1-5-18(14(2,3)4)13(20)12(19)17-10-8-6-7-9(15)11(10)16/h6-8H,5H2,1-4H3,(H,17,19). The molecular formula is C14H18Cl2N2O2. The molecule has 0 saturated heterocycles. The van der Waals surface area contributed by atoms with Crippen LogP contribution in [0, 0.1) is 0 Å². The van der Waals surface area contributed by atoms with Crippen LogP contribution in [0.4, 0.5) is 5.69 Å². The van der Waals surface area contributed by atoms with Gasteiger partial charge in [0.15, 0.2) is 0 Å². The number of carbonyl (C=O) groups excluding carboxylic acids is 2. The molecule has 110 valence electrons. The van der Waals surface area contributed by atoms with Crippen molar-refractivity contribution in [2.75, 3.05) is 11.9 Å². The van der Waals surface area contributed by atoms with Gasteiger partial charge in [0.1, 0.15) is 0 Å². The van der Waals surface area contributed by atoms with E-state index >= 15 is 0 Å². The minimum atomic E-state index is -0.731. The molecule has 6 heteroatoms. The average Bonchev–Trinajstić information content (AvgIpc) is 2.33. The van der Waals surface area contributed by atoms with E-state index in [4.69, 9.17) is 23.2 Å². The van der Waals surface area contributed by atoms with Crippen molar-refractivity contribution in [3.63, 3.8) is 0 Å². The summed E-state index contributed by atoms with van der Waals surface area (Å²) in [5, 5.41) is 3.03. The summed E-state index contributed by atoms with van der Waals surface area (Å²) in [5.41, 5.74) is -0.108. The molecule has 4 nitrogen and oxygen atoms in total. The van der Waals surface area contributed by atoms with Crippen molar-refractivity contribution in [2.45, 2.75) is 33.2 Å². The van der Waals surface area contributed by atoms with E-state index in [0.717, 1.165) is 0 Å². The molecule has 0 aliphatic rings. The Kier molecular flexibility index (Phi) is 5.42. The Morgan fingerprint density at radius 3 is 2.35 bits per heavy atom. The molecule has 0 aliphatic carbocycles. The zero-order valence-electron chi connectivity index (χ0n) is 12.0. The molecule has 1 N–H and O–H groups in total. The number of halogens is 2. The number of nitrogens with one attached hydrogen (secondary N) is 1. The third-order valence-electron chi connectivity index (χ3n) is 2.77. The van der Waals surface area contributed by atoms with Crippen molar-refractivity contribution in [1.29, 1.82) is 0 Å². The van der Waals surface area contributed by atoms with Crippen molar-refractivity contribution in [2.24, 2.45) is 0 Å². The number of hydrogen-bond donors (Lipinski definition) is 1. The number of nitrogens with zero attached hydrogens (tertiary/aromatic N) is 1. The Morgan fingerprint density at radius 1 is 1.25 bits per heavy atom. The van der Waals surface area contributed by atoms with Crippen molar-refractivity contribution in [3.8, 4) is 0 Å². The minimum absolute atomic E-state index is 0.217. The second-order valence-electron chi connectivity index (χ2n) is 5.28. The molecule has 0 spiro atoms. The van der Waals surface area contributed by atoms with E-state index in [0.29, 0.717) is 17.3 Å². The number of likely N-dealkylation sites (N-methyl/N-ethyl adjacent to an activating group) is 1. The van der Waals surface area contributed by atoms with Crippen LogP contribution in [0.3, 0.4) is 0 Å². The molecule has 0 aromatic heterocycles. The highest BCUT2D eigenvalue weighted by atomic mass is 35.5. The number of anilines is 1. The number of rotatable bonds is 2. The summed E-state index contributed by atoms with van der Waals surface area (Å²) < 4.78 is 0. The van der Waals surface area contributed by atoms with Crippen LogP contribution in [0.5, 0.6) is 0 Å². The lowest BCUT2D eigenvalue weighted by atomic mass is 10.1. The van der Waals surface area contributed by atoms with Crippen molar-refractivity contribution in [1.82, 2.24) is 4.90 Å². The van der Waals surface area contributed by atoms with Gasteiger partial charge in [-0.25, -0.2) is 0 Å². The van der Waals surface area contributed by atoms with Crippen LogP contribution < -0.4 is 5.32 Å². The maximum Gasteiger partial charge on any atom is 0.313 e. The van der Waals surface area contributed by atoms with Gasteiger partial charge in [0, 0.05) is 12.1 Å². The summed E-state index contributed by atoms with van der Waals surface area (Å²) in [6, 6.07) is 4.84. The fourth-order valence-electron chi connectivity index (χ4n) is 1.82. The molecule has 1 aromatic carbocycles. The predicted octanol–water partition coefficient (Wildman–Crippen LogP) is 3.58. The van der Waals surface area contributed by atoms with Crippen LogP contribution in [-0.4, -0.2) is 28.8 Å². The second kappa shape index (κ2) is 6.46. The van der Waals surface area contributed by atoms with E-state index in [-0.39, 0.29) is 5.02 Å². The molecule has 0 atom stereocenters. The fraction of sp³-hybridized carbons (Fsp3) is 0.429. The Hall–Kier alpha value is -1.26. The van der Waals surface area contributed by atoms with Crippen LogP contribution >= 0.6 is 23.2 Å². The van der Waals surface area contributed by atoms with E-state index in [2.05, 4.69) is 5.32 Å². The summed E-state index contributed by atoms with van der Waals surface area (Å²) in [6.07, 6.45) is 0. The summed E-state index contributed by atoms with van der Waals surface area (Å²) >= 11 is 11.8. The molecule has 1 aromatic rings. The van der Waals surface area contributed by atoms with Gasteiger partial charge in [-0.15, -0.1) is 0 Å². The third kappa shape index (κ3) is 3.87. The Labute approximate surface area is 129 Å². The first kappa shape index (κ1) is 16.8. The van der Waals surface area contributed by atoms with Gasteiger partial charge in [0.25, 0.3) is 0 Å². The summed E-state index contributed by atoms with van der Waals surface area (Å²) in [4.78, 5) is 25.7. The molecule has 0 heterocycles. The van der Waals surface area contributed by atoms with Gasteiger partial charge in [-0.3, -0.25) is 9.59 Å². The zero-order chi connectivity index (χ0) is 15.5. The van der Waals surface area contributed by atoms with Crippen LogP contribution in [0.2, 0.25) is 10.0 Å². The molecule has 0 radical (unpaired) electrons. The Balaban J connectivity index is 2.91. The maximum atomic E-state index is 12.2. The molecule has 0 fully saturated rings. The first-order valence-electron chi connectivity index (χ1n) is 6.25. The molecule has 1 rings (SSSR count). The molecule has 20 heavy (non-hydrogen) atoms. The molecule has 0 saturated carbocycles. The molecule has 0 bridgehead atoms. The Morgan fingerprint density at radius 2 is 1.85 bits per heavy atom. The highest BCUT2D eigenvalue weighted by molar-refractivity contribution is 6.45. The summed E-state index contributed by atoms with van der Waals surface area (Å²) in [5.74, 6) is -1.33. The smallest absolute Gasteiger partial charge is 0.313 e. The number of hydrogen-bond acceptors (Lipinski definition) is 2. The molecular weight excluding hydrogens is 299 g/mol. The fourth-order valence-corrected chi connectivity index (χ4v) is 2.17. The monoisotopic (exact) mass is 316 g/mol. The number of amides is 2. The van der Waals surface area contributed by atoms with Crippen molar-refractivity contribution in [3.05, 3.63) is 28.2 Å². The van der Waals surface area contributed by atoms with E-state index in [1.54, 1.807) is 18.2 Å². The second-order valence-corrected chi connectivity index (χ2v) is 6.06. The van der Waals surface area contributed by atoms with E-state index in [1.165, 1.54) is 4.90 Å². The van der Waals surface area contributed by atoms with Crippen LogP contribution in [-0.2, 0) is 9.59 Å². The quantitative estimate of drug-likeness (QED) is 0.848. The number of carbonyl (C=O) groups is 2. The van der Waals surface area contributed by atoms with Gasteiger partial charge in [-0.2, -0.15) is 0 Å². The normalized spacial score (nSPS) is 11.1. The first-order chi connectivity index (χ1) is 9.18. The lowest BCUT2D eigenvalue weighted by Gasteiger charge is -2.34. The van der Waals surface area contributed by atoms with Crippen LogP contribution in [0.15, 0.2) is 18.2 Å². The lowest BCUT2D eigenvalue weighted by Crippen LogP contribution is -2.49. The predicted molar refractivity (Wildman–Crippen MR) is 82.2 cm³/mol. The molecule has 2 amide bonds. The van der Waals surface area contributed by atoms with Gasteiger partial charge in [0.2, 0.25) is 0 Å².